The van der Waals surface area contributed by atoms with Crippen LogP contribution in [0.1, 0.15) is 137 Å². The molecule has 4 amide bonds. The summed E-state index contributed by atoms with van der Waals surface area (Å²) in [6, 6.07) is 25.2. The number of H-pyrrole nitrogens is 1. The summed E-state index contributed by atoms with van der Waals surface area (Å²) in [5.74, 6) is 1.03. The van der Waals surface area contributed by atoms with E-state index in [0.29, 0.717) is 64.1 Å². The van der Waals surface area contributed by atoms with Gasteiger partial charge in [0.1, 0.15) is 17.8 Å². The van der Waals surface area contributed by atoms with Gasteiger partial charge >= 0.3 is 0 Å². The molecule has 4 atom stereocenters. The highest BCUT2D eigenvalue weighted by atomic mass is 32.1. The minimum absolute atomic E-state index is 0.0211. The number of aryl methyl sites for hydroxylation is 1. The van der Waals surface area contributed by atoms with Crippen LogP contribution < -0.4 is 31.3 Å². The molecule has 2 aliphatic rings. The van der Waals surface area contributed by atoms with Crippen LogP contribution >= 0.6 is 11.3 Å². The second kappa shape index (κ2) is 32.6. The molecule has 8 rings (SSSR count). The van der Waals surface area contributed by atoms with Gasteiger partial charge in [-0.2, -0.15) is 5.10 Å². The van der Waals surface area contributed by atoms with Gasteiger partial charge in [0.25, 0.3) is 5.91 Å². The number of ether oxygens (including phenoxy) is 4. The van der Waals surface area contributed by atoms with E-state index in [1.165, 1.54) is 4.90 Å². The number of aromatic nitrogens is 5. The molecule has 21 heteroatoms. The quantitative estimate of drug-likeness (QED) is 0.0190. The van der Waals surface area contributed by atoms with Gasteiger partial charge in [-0.05, 0) is 136 Å². The van der Waals surface area contributed by atoms with E-state index in [1.54, 1.807) is 23.7 Å². The van der Waals surface area contributed by atoms with Crippen molar-refractivity contribution in [3.8, 4) is 27.6 Å². The van der Waals surface area contributed by atoms with Crippen molar-refractivity contribution in [1.82, 2.24) is 51.3 Å². The van der Waals surface area contributed by atoms with Crippen LogP contribution in [-0.2, 0) is 40.7 Å². The summed E-state index contributed by atoms with van der Waals surface area (Å²) in [6.07, 6.45) is 10.7. The number of rotatable bonds is 33. The molecule has 7 N–H and O–H groups in total. The average Bonchev–Trinajstić information content (AvgIpc) is 2.51. The predicted octanol–water partition coefficient (Wildman–Crippen LogP) is 8.84. The van der Waals surface area contributed by atoms with Crippen molar-refractivity contribution in [2.45, 2.75) is 142 Å². The van der Waals surface area contributed by atoms with E-state index in [2.05, 4.69) is 46.7 Å². The first-order valence-corrected chi connectivity index (χ1v) is 31.3. The summed E-state index contributed by atoms with van der Waals surface area (Å²) >= 11 is 1.58. The van der Waals surface area contributed by atoms with Crippen molar-refractivity contribution >= 4 is 40.7 Å². The molecule has 0 aliphatic carbocycles. The number of hydrogen-bond donors (Lipinski definition) is 7. The van der Waals surface area contributed by atoms with E-state index < -0.39 is 29.1 Å². The summed E-state index contributed by atoms with van der Waals surface area (Å²) in [6.45, 7) is 15.3. The number of amides is 4. The fraction of sp³-hybridized carbons (Fsp3) is 0.508. The number of thiazole rings is 1. The number of likely N-dealkylation sites (tertiary alicyclic amines) is 1. The van der Waals surface area contributed by atoms with Gasteiger partial charge in [-0.15, -0.1) is 11.3 Å². The van der Waals surface area contributed by atoms with Gasteiger partial charge in [0.2, 0.25) is 17.7 Å². The normalized spacial score (nSPS) is 16.5. The summed E-state index contributed by atoms with van der Waals surface area (Å²) in [7, 11) is 0. The number of nitrogens with zero attached hydrogens (tertiary/aromatic N) is 5. The van der Waals surface area contributed by atoms with Crippen LogP contribution in [0, 0.1) is 12.3 Å². The van der Waals surface area contributed by atoms with E-state index in [9.17, 15) is 24.3 Å². The molecule has 20 nitrogen and oxygen atoms in total. The second-order valence-corrected chi connectivity index (χ2v) is 24.3. The molecule has 2 fully saturated rings. The zero-order chi connectivity index (χ0) is 60.7. The number of aromatic amines is 1. The van der Waals surface area contributed by atoms with E-state index in [0.717, 1.165) is 115 Å². The number of β-amino-alcohol motifs (C(OH)–C–C–N with tert-alkyl or cyclic N) is 1. The lowest BCUT2D eigenvalue weighted by atomic mass is 9.85. The summed E-state index contributed by atoms with van der Waals surface area (Å²) in [5, 5.41) is 34.5. The number of unbranched alkanes of at least 4 members (excludes halogenated alkanes) is 5. The fourth-order valence-electron chi connectivity index (χ4n) is 10.7. The van der Waals surface area contributed by atoms with Gasteiger partial charge in [-0.3, -0.25) is 29.3 Å². The van der Waals surface area contributed by atoms with Crippen LogP contribution in [0.15, 0.2) is 103 Å². The number of aliphatic hydroxyl groups excluding tert-OH is 1. The highest BCUT2D eigenvalue weighted by Gasteiger charge is 2.44. The number of nitrogens with one attached hydrogen (secondary N) is 6. The zero-order valence-corrected chi connectivity index (χ0v) is 51.4. The maximum absolute atomic E-state index is 14.0. The first-order chi connectivity index (χ1) is 41.7. The van der Waals surface area contributed by atoms with Crippen LogP contribution in [0.5, 0.6) is 5.75 Å². The molecule has 86 heavy (non-hydrogen) atoms. The summed E-state index contributed by atoms with van der Waals surface area (Å²) < 4.78 is 23.3. The van der Waals surface area contributed by atoms with Crippen molar-refractivity contribution in [2.75, 3.05) is 71.2 Å². The monoisotopic (exact) mass is 1200 g/mol. The van der Waals surface area contributed by atoms with Crippen LogP contribution in [0.25, 0.3) is 21.8 Å². The molecule has 6 aromatic rings. The Hall–Kier alpha value is -7.14. The lowest BCUT2D eigenvalue weighted by Crippen LogP contribution is -2.57. The molecule has 1 unspecified atom stereocenters. The Morgan fingerprint density at radius 1 is 0.802 bits per heavy atom. The van der Waals surface area contributed by atoms with Crippen molar-refractivity contribution in [3.05, 3.63) is 131 Å². The van der Waals surface area contributed by atoms with Gasteiger partial charge in [0.15, 0.2) is 11.6 Å². The van der Waals surface area contributed by atoms with Crippen molar-refractivity contribution in [1.29, 1.82) is 0 Å². The number of piperidine rings is 1. The average molecular weight is 1200 g/mol. The summed E-state index contributed by atoms with van der Waals surface area (Å²) in [5.41, 5.74) is 6.87. The lowest BCUT2D eigenvalue weighted by Gasteiger charge is -2.37. The molecule has 2 aliphatic heterocycles. The van der Waals surface area contributed by atoms with Gasteiger partial charge in [0.05, 0.1) is 66.8 Å². The molecule has 0 saturated carbocycles. The third-order valence-corrected chi connectivity index (χ3v) is 16.6. The number of hydrogen-bond acceptors (Lipinski definition) is 16. The molecule has 3 aromatic heterocycles. The van der Waals surface area contributed by atoms with Crippen molar-refractivity contribution in [2.24, 2.45) is 5.41 Å². The highest BCUT2D eigenvalue weighted by molar-refractivity contribution is 7.13. The molecule has 462 valence electrons. The van der Waals surface area contributed by atoms with E-state index in [-0.39, 0.29) is 55.6 Å². The van der Waals surface area contributed by atoms with Gasteiger partial charge in [-0.1, -0.05) is 76.1 Å². The number of benzene rings is 3. The number of carbonyl (C=O) groups is 4. The first kappa shape index (κ1) is 64.8. The largest absolute Gasteiger partial charge is 0.494 e. The van der Waals surface area contributed by atoms with Gasteiger partial charge in [-0.25, -0.2) is 9.97 Å². The minimum atomic E-state index is -0.872. The number of carbonyl (C=O) groups excluding carboxylic acids is 4. The zero-order valence-electron chi connectivity index (χ0n) is 50.5. The van der Waals surface area contributed by atoms with Gasteiger partial charge < -0.3 is 55.5 Å². The summed E-state index contributed by atoms with van der Waals surface area (Å²) in [4.78, 5) is 70.1. The molecular weight excluding hydrogens is 1110 g/mol. The Balaban J connectivity index is 0.622. The van der Waals surface area contributed by atoms with Crippen LogP contribution in [0.2, 0.25) is 0 Å². The van der Waals surface area contributed by atoms with E-state index >= 15 is 0 Å². The molecular formula is C65H87N11O9S. The molecule has 2 saturated heterocycles. The fourth-order valence-corrected chi connectivity index (χ4v) is 11.5. The SMILES string of the molecule is Cc1ncsc1-c1ccc(CNC(=O)[C@@H]2C[C@@H](O)CN2C(=O)C(NC(=O)CCCCCOCCOCCOCCCCCCOc2cccc([C@@H](C)NC(=O)c3cccc(NC4(c5nc(-c6ccncc6)n[nH]5)CCNCC4)c3)c2)C(C)(C)C)cc1. The second-order valence-electron chi connectivity index (χ2n) is 23.4. The number of pyridine rings is 1. The Bertz CT molecular complexity index is 3070. The molecule has 5 heterocycles. The Morgan fingerprint density at radius 2 is 1.49 bits per heavy atom. The number of aliphatic hydroxyl groups is 1. The lowest BCUT2D eigenvalue weighted by molar-refractivity contribution is -0.144. The van der Waals surface area contributed by atoms with Crippen LogP contribution in [0.4, 0.5) is 5.69 Å². The Kier molecular flexibility index (Phi) is 24.5. The van der Waals surface area contributed by atoms with Crippen LogP contribution in [0.3, 0.4) is 0 Å². The smallest absolute Gasteiger partial charge is 0.251 e. The maximum Gasteiger partial charge on any atom is 0.251 e. The standard InChI is InChI=1S/C65H87N11O9S/c1-45(70-60(79)51-16-13-17-52(39-51)73-65(26-30-67-31-27-65)63-72-59(74-75-63)49-24-28-66-29-25-49)50-15-14-18-54(40-50)85-34-12-7-6-10-32-82-35-37-84-38-36-83-33-11-8-9-19-56(78)71-58(64(3,4)5)62(81)76-43-53(77)41-55(76)61(80)68-42-47-20-22-48(23-21-47)57-46(2)69-44-86-57/h13-18,20-25,28-29,39-40,44-45,53,55,58,67,73,77H,6-12,19,26-27,30-38,41-43H2,1-5H3,(H,68,80)(H,70,79)(H,71,78)(H,72,74,75)/t45-,53-,55+,58?/m1/s1. The van der Waals surface area contributed by atoms with Crippen molar-refractivity contribution in [3.63, 3.8) is 0 Å². The Labute approximate surface area is 509 Å². The third kappa shape index (κ3) is 19.2. The molecule has 0 radical (unpaired) electrons. The van der Waals surface area contributed by atoms with Crippen molar-refractivity contribution < 1.29 is 43.2 Å². The third-order valence-electron chi connectivity index (χ3n) is 15.6. The minimum Gasteiger partial charge on any atom is -0.494 e. The predicted molar refractivity (Wildman–Crippen MR) is 332 cm³/mol. The first-order valence-electron chi connectivity index (χ1n) is 30.4. The van der Waals surface area contributed by atoms with Crippen LogP contribution in [-0.4, -0.2) is 143 Å². The Morgan fingerprint density at radius 3 is 2.19 bits per heavy atom. The topological polar surface area (TPSA) is 256 Å². The molecule has 3 aromatic carbocycles. The molecule has 0 spiro atoms. The van der Waals surface area contributed by atoms with E-state index in [4.69, 9.17) is 23.9 Å². The van der Waals surface area contributed by atoms with E-state index in [1.807, 2.05) is 125 Å². The van der Waals surface area contributed by atoms with Gasteiger partial charge in [0, 0.05) is 68.4 Å². The molecule has 0 bridgehead atoms. The number of anilines is 1. The highest BCUT2D eigenvalue weighted by Crippen LogP contribution is 2.35. The maximum atomic E-state index is 14.0.